The Morgan fingerprint density at radius 3 is 2.75 bits per heavy atom. The number of anilines is 1. The van der Waals surface area contributed by atoms with Crippen LogP contribution in [-0.2, 0) is 13.5 Å². The second-order valence-electron chi connectivity index (χ2n) is 5.14. The molecule has 1 aliphatic rings. The van der Waals surface area contributed by atoms with Crippen LogP contribution < -0.4 is 5.32 Å². The number of aryl methyl sites for hydroxylation is 2. The number of nitrogens with one attached hydrogen (secondary N) is 1. The van der Waals surface area contributed by atoms with Gasteiger partial charge in [0.15, 0.2) is 5.82 Å². The lowest BCUT2D eigenvalue weighted by atomic mass is 10.2. The lowest BCUT2D eigenvalue weighted by molar-refractivity contribution is 0.746. The van der Waals surface area contributed by atoms with E-state index in [0.717, 1.165) is 32.9 Å². The lowest BCUT2D eigenvalue weighted by Crippen LogP contribution is -2.05. The first-order chi connectivity index (χ1) is 9.63. The van der Waals surface area contributed by atoms with Gasteiger partial charge < -0.3 is 5.32 Å². The van der Waals surface area contributed by atoms with Crippen molar-refractivity contribution in [3.05, 3.63) is 21.2 Å². The Bertz CT molecular complexity index is 645. The molecule has 0 bridgehead atoms. The van der Waals surface area contributed by atoms with E-state index in [2.05, 4.69) is 44.9 Å². The van der Waals surface area contributed by atoms with E-state index in [1.165, 1.54) is 18.5 Å². The number of rotatable bonds is 4. The zero-order valence-electron chi connectivity index (χ0n) is 11.9. The van der Waals surface area contributed by atoms with Gasteiger partial charge >= 0.3 is 0 Å². The van der Waals surface area contributed by atoms with E-state index in [4.69, 9.17) is 4.98 Å². The Morgan fingerprint density at radius 2 is 2.15 bits per heavy atom. The first-order valence-electron chi connectivity index (χ1n) is 6.92. The number of halogens is 1. The molecule has 3 rings (SSSR count). The molecule has 0 unspecified atom stereocenters. The van der Waals surface area contributed by atoms with Crippen LogP contribution in [0.1, 0.15) is 37.1 Å². The van der Waals surface area contributed by atoms with Gasteiger partial charge in [-0.15, -0.1) is 0 Å². The van der Waals surface area contributed by atoms with Gasteiger partial charge in [0.2, 0.25) is 0 Å². The summed E-state index contributed by atoms with van der Waals surface area (Å²) in [6, 6.07) is 0. The summed E-state index contributed by atoms with van der Waals surface area (Å²) < 4.78 is 2.99. The van der Waals surface area contributed by atoms with Crippen molar-refractivity contribution in [2.45, 2.75) is 32.1 Å². The fraction of sp³-hybridized carbons (Fsp3) is 0.500. The molecular weight excluding hydrogens is 365 g/mol. The summed E-state index contributed by atoms with van der Waals surface area (Å²) in [5.41, 5.74) is 3.29. The summed E-state index contributed by atoms with van der Waals surface area (Å²) in [6.45, 7) is 2.11. The maximum atomic E-state index is 4.82. The highest BCUT2D eigenvalue weighted by atomic mass is 127. The van der Waals surface area contributed by atoms with Crippen LogP contribution in [-0.4, -0.2) is 26.8 Å². The van der Waals surface area contributed by atoms with Crippen molar-refractivity contribution in [2.75, 3.05) is 12.4 Å². The maximum Gasteiger partial charge on any atom is 0.165 e. The van der Waals surface area contributed by atoms with E-state index < -0.39 is 0 Å². The van der Waals surface area contributed by atoms with Gasteiger partial charge in [0.1, 0.15) is 5.82 Å². The molecule has 2 aromatic rings. The van der Waals surface area contributed by atoms with Crippen molar-refractivity contribution in [1.82, 2.24) is 19.7 Å². The highest BCUT2D eigenvalue weighted by molar-refractivity contribution is 14.1. The predicted octanol–water partition coefficient (Wildman–Crippen LogP) is 2.96. The average molecular weight is 383 g/mol. The third-order valence-electron chi connectivity index (χ3n) is 3.56. The van der Waals surface area contributed by atoms with Crippen molar-refractivity contribution < 1.29 is 0 Å². The van der Waals surface area contributed by atoms with Gasteiger partial charge in [-0.2, -0.15) is 5.10 Å². The average Bonchev–Trinajstić information content (AvgIpc) is 3.21. The normalized spacial score (nSPS) is 14.6. The van der Waals surface area contributed by atoms with Crippen molar-refractivity contribution >= 4 is 28.4 Å². The number of hydrogen-bond acceptors (Lipinski definition) is 4. The van der Waals surface area contributed by atoms with Gasteiger partial charge in [0.25, 0.3) is 0 Å². The molecule has 6 heteroatoms. The molecule has 0 atom stereocenters. The first-order valence-corrected chi connectivity index (χ1v) is 8.00. The monoisotopic (exact) mass is 383 g/mol. The quantitative estimate of drug-likeness (QED) is 0.825. The Kier molecular flexibility index (Phi) is 3.66. The lowest BCUT2D eigenvalue weighted by Gasteiger charge is -2.10. The molecule has 2 aromatic heterocycles. The smallest absolute Gasteiger partial charge is 0.165 e. The van der Waals surface area contributed by atoms with E-state index in [1.54, 1.807) is 0 Å². The summed E-state index contributed by atoms with van der Waals surface area (Å²) >= 11 is 2.35. The van der Waals surface area contributed by atoms with Crippen molar-refractivity contribution in [2.24, 2.45) is 7.05 Å². The third-order valence-corrected chi connectivity index (χ3v) is 4.62. The molecule has 1 aliphatic carbocycles. The summed E-state index contributed by atoms with van der Waals surface area (Å²) in [5, 5.41) is 7.67. The molecule has 1 fully saturated rings. The highest BCUT2D eigenvalue weighted by Gasteiger charge is 2.29. The number of aromatic nitrogens is 4. The molecule has 0 amide bonds. The number of nitrogens with zero attached hydrogens (tertiary/aromatic N) is 4. The van der Waals surface area contributed by atoms with Crippen LogP contribution >= 0.6 is 22.6 Å². The third kappa shape index (κ3) is 2.41. The topological polar surface area (TPSA) is 55.6 Å². The SMILES string of the molecule is CCc1nn(C)cc1-c1nc(NC)c(I)c(C2CC2)n1. The molecule has 5 nitrogen and oxygen atoms in total. The zero-order chi connectivity index (χ0) is 14.3. The van der Waals surface area contributed by atoms with Gasteiger partial charge in [-0.3, -0.25) is 4.68 Å². The van der Waals surface area contributed by atoms with Crippen LogP contribution in [0.2, 0.25) is 0 Å². The molecule has 20 heavy (non-hydrogen) atoms. The summed E-state index contributed by atoms with van der Waals surface area (Å²) in [4.78, 5) is 9.49. The molecule has 0 spiro atoms. The van der Waals surface area contributed by atoms with Gasteiger partial charge in [-0.05, 0) is 41.9 Å². The Morgan fingerprint density at radius 1 is 1.40 bits per heavy atom. The Balaban J connectivity index is 2.15. The fourth-order valence-corrected chi connectivity index (χ4v) is 3.31. The molecule has 2 heterocycles. The largest absolute Gasteiger partial charge is 0.372 e. The minimum atomic E-state index is 0.609. The fourth-order valence-electron chi connectivity index (χ4n) is 2.36. The van der Waals surface area contributed by atoms with E-state index >= 15 is 0 Å². The molecule has 0 radical (unpaired) electrons. The van der Waals surface area contributed by atoms with Gasteiger partial charge in [0, 0.05) is 26.2 Å². The number of hydrogen-bond donors (Lipinski definition) is 1. The van der Waals surface area contributed by atoms with Gasteiger partial charge in [-0.1, -0.05) is 6.92 Å². The van der Waals surface area contributed by atoms with E-state index in [1.807, 2.05) is 25.0 Å². The van der Waals surface area contributed by atoms with Gasteiger partial charge in [-0.25, -0.2) is 9.97 Å². The Hall–Kier alpha value is -1.18. The van der Waals surface area contributed by atoms with Crippen LogP contribution in [0.3, 0.4) is 0 Å². The summed E-state index contributed by atoms with van der Waals surface area (Å²) in [7, 11) is 3.85. The maximum absolute atomic E-state index is 4.82. The molecule has 106 valence electrons. The van der Waals surface area contributed by atoms with E-state index in [9.17, 15) is 0 Å². The summed E-state index contributed by atoms with van der Waals surface area (Å²) in [5.74, 6) is 2.32. The second-order valence-corrected chi connectivity index (χ2v) is 6.21. The van der Waals surface area contributed by atoms with Crippen LogP contribution in [0.15, 0.2) is 6.20 Å². The van der Waals surface area contributed by atoms with Crippen LogP contribution in [0, 0.1) is 3.57 Å². The standard InChI is InChI=1S/C14H18IN5/c1-4-10-9(7-20(3)19-10)13-17-12(8-5-6-8)11(15)14(16-2)18-13/h7-8H,4-6H2,1-3H3,(H,16,17,18). The van der Waals surface area contributed by atoms with Crippen LogP contribution in [0.25, 0.3) is 11.4 Å². The zero-order valence-corrected chi connectivity index (χ0v) is 14.1. The van der Waals surface area contributed by atoms with Crippen LogP contribution in [0.4, 0.5) is 5.82 Å². The van der Waals surface area contributed by atoms with Crippen molar-refractivity contribution in [1.29, 1.82) is 0 Å². The molecule has 0 aliphatic heterocycles. The minimum absolute atomic E-state index is 0.609. The van der Waals surface area contributed by atoms with Crippen molar-refractivity contribution in [3.8, 4) is 11.4 Å². The van der Waals surface area contributed by atoms with E-state index in [-0.39, 0.29) is 0 Å². The summed E-state index contributed by atoms with van der Waals surface area (Å²) in [6.07, 6.45) is 5.38. The second kappa shape index (κ2) is 5.31. The molecule has 1 saturated carbocycles. The Labute approximate surface area is 132 Å². The first kappa shape index (κ1) is 13.8. The highest BCUT2D eigenvalue weighted by Crippen LogP contribution is 2.43. The molecule has 1 N–H and O–H groups in total. The molecule has 0 saturated heterocycles. The molecular formula is C14H18IN5. The molecule has 0 aromatic carbocycles. The minimum Gasteiger partial charge on any atom is -0.372 e. The van der Waals surface area contributed by atoms with Crippen LogP contribution in [0.5, 0.6) is 0 Å². The predicted molar refractivity (Wildman–Crippen MR) is 87.9 cm³/mol. The van der Waals surface area contributed by atoms with Gasteiger partial charge in [0.05, 0.1) is 20.5 Å². The van der Waals surface area contributed by atoms with E-state index in [0.29, 0.717) is 5.92 Å². The van der Waals surface area contributed by atoms with Crippen molar-refractivity contribution in [3.63, 3.8) is 0 Å².